The Hall–Kier alpha value is -3.18. The molecule has 4 aromatic rings. The SMILES string of the molecule is C[C@@H](Oc1ccc2[nH]nc(-c3nc4c([nH]3)CN(C(=O)CN3CCC(O)C3)C4)c2c1)c1c(Cl)cncc1Cl. The summed E-state index contributed by atoms with van der Waals surface area (Å²) in [6.07, 6.45) is 3.07. The predicted octanol–water partition coefficient (Wildman–Crippen LogP) is 3.70. The van der Waals surface area contributed by atoms with Crippen LogP contribution in [-0.2, 0) is 17.9 Å². The van der Waals surface area contributed by atoms with Gasteiger partial charge in [0.2, 0.25) is 5.91 Å². The first-order valence-electron chi connectivity index (χ1n) is 12.1. The summed E-state index contributed by atoms with van der Waals surface area (Å²) in [7, 11) is 0. The molecule has 0 aliphatic carbocycles. The topological polar surface area (TPSA) is 123 Å². The Morgan fingerprint density at radius 2 is 2.08 bits per heavy atom. The van der Waals surface area contributed by atoms with Crippen LogP contribution >= 0.6 is 23.2 Å². The van der Waals surface area contributed by atoms with E-state index >= 15 is 0 Å². The zero-order chi connectivity index (χ0) is 25.7. The van der Waals surface area contributed by atoms with Crippen LogP contribution in [0.2, 0.25) is 10.0 Å². The fourth-order valence-electron chi connectivity index (χ4n) is 4.99. The number of fused-ring (bicyclic) bond motifs is 2. The van der Waals surface area contributed by atoms with E-state index in [1.54, 1.807) is 17.3 Å². The van der Waals surface area contributed by atoms with Crippen molar-refractivity contribution in [2.24, 2.45) is 0 Å². The third-order valence-electron chi connectivity index (χ3n) is 6.88. The van der Waals surface area contributed by atoms with Crippen LogP contribution in [0.5, 0.6) is 5.75 Å². The standard InChI is InChI=1S/C25H25Cl2N7O3/c1-13(23-17(26)7-28-8-18(23)27)37-15-2-3-19-16(6-15)24(32-31-19)25-29-20-10-34(11-21(20)30-25)22(36)12-33-5-4-14(35)9-33/h2-3,6-8,13-14,35H,4-5,9-12H2,1H3,(H,29,30)(H,31,32)/t13-,14?/m1/s1. The minimum atomic E-state index is -0.393. The number of halogens is 2. The van der Waals surface area contributed by atoms with Crippen molar-refractivity contribution < 1.29 is 14.6 Å². The van der Waals surface area contributed by atoms with Crippen LogP contribution < -0.4 is 4.74 Å². The first kappa shape index (κ1) is 24.2. The molecule has 1 fully saturated rings. The van der Waals surface area contributed by atoms with Crippen LogP contribution in [0.3, 0.4) is 0 Å². The van der Waals surface area contributed by atoms with E-state index in [4.69, 9.17) is 32.9 Å². The van der Waals surface area contributed by atoms with Crippen LogP contribution in [-0.4, -0.2) is 71.7 Å². The van der Waals surface area contributed by atoms with Gasteiger partial charge in [-0.15, -0.1) is 0 Å². The van der Waals surface area contributed by atoms with Gasteiger partial charge in [-0.25, -0.2) is 4.98 Å². The van der Waals surface area contributed by atoms with Crippen LogP contribution in [0.15, 0.2) is 30.6 Å². The number of aromatic amines is 2. The maximum Gasteiger partial charge on any atom is 0.237 e. The quantitative estimate of drug-likeness (QED) is 0.340. The molecule has 0 bridgehead atoms. The van der Waals surface area contributed by atoms with Gasteiger partial charge in [0.15, 0.2) is 5.82 Å². The third-order valence-corrected chi connectivity index (χ3v) is 7.48. The van der Waals surface area contributed by atoms with Gasteiger partial charge in [0.05, 0.1) is 52.7 Å². The molecule has 192 valence electrons. The number of carbonyl (C=O) groups excluding carboxylic acids is 1. The number of β-amino-alcohol motifs (C(OH)–C–C–N with tert-alkyl or cyclic N) is 1. The lowest BCUT2D eigenvalue weighted by molar-refractivity contribution is -0.132. The molecule has 1 saturated heterocycles. The number of amides is 1. The van der Waals surface area contributed by atoms with E-state index in [0.717, 1.165) is 28.8 Å². The van der Waals surface area contributed by atoms with Gasteiger partial charge in [-0.2, -0.15) is 5.10 Å². The van der Waals surface area contributed by atoms with E-state index in [9.17, 15) is 9.90 Å². The number of benzene rings is 1. The molecule has 1 unspecified atom stereocenters. The number of aliphatic hydroxyl groups is 1. The Balaban J connectivity index is 1.19. The largest absolute Gasteiger partial charge is 0.486 e. The Morgan fingerprint density at radius 1 is 1.27 bits per heavy atom. The highest BCUT2D eigenvalue weighted by Crippen LogP contribution is 2.35. The number of hydrogen-bond donors (Lipinski definition) is 3. The van der Waals surface area contributed by atoms with Crippen LogP contribution in [0.4, 0.5) is 0 Å². The molecule has 0 spiro atoms. The summed E-state index contributed by atoms with van der Waals surface area (Å²) in [4.78, 5) is 28.6. The normalized spacial score (nSPS) is 18.5. The second kappa shape index (κ2) is 9.60. The number of H-pyrrole nitrogens is 2. The second-order valence-corrected chi connectivity index (χ2v) is 10.3. The Kier molecular flexibility index (Phi) is 6.28. The minimum absolute atomic E-state index is 0.0394. The summed E-state index contributed by atoms with van der Waals surface area (Å²) in [5.74, 6) is 1.31. The lowest BCUT2D eigenvalue weighted by Gasteiger charge is -2.20. The molecule has 3 aromatic heterocycles. The Bertz CT molecular complexity index is 1440. The monoisotopic (exact) mass is 541 g/mol. The van der Waals surface area contributed by atoms with Gasteiger partial charge in [0.1, 0.15) is 17.5 Å². The zero-order valence-corrected chi connectivity index (χ0v) is 21.6. The number of hydrogen-bond acceptors (Lipinski definition) is 7. The summed E-state index contributed by atoms with van der Waals surface area (Å²) in [5.41, 5.74) is 3.93. The van der Waals surface area contributed by atoms with Gasteiger partial charge < -0.3 is 19.7 Å². The van der Waals surface area contributed by atoms with Gasteiger partial charge in [0, 0.05) is 36.4 Å². The van der Waals surface area contributed by atoms with E-state index in [1.165, 1.54) is 0 Å². The summed E-state index contributed by atoms with van der Waals surface area (Å²) in [6, 6.07) is 5.66. The number of ether oxygens (including phenoxy) is 1. The maximum atomic E-state index is 12.7. The van der Waals surface area contributed by atoms with Crippen molar-refractivity contribution in [3.8, 4) is 17.3 Å². The molecule has 2 aliphatic heterocycles. The maximum absolute atomic E-state index is 12.7. The van der Waals surface area contributed by atoms with Crippen molar-refractivity contribution >= 4 is 40.0 Å². The van der Waals surface area contributed by atoms with Gasteiger partial charge in [-0.1, -0.05) is 23.2 Å². The number of aliphatic hydroxyl groups excluding tert-OH is 1. The highest BCUT2D eigenvalue weighted by molar-refractivity contribution is 6.35. The number of nitrogens with one attached hydrogen (secondary N) is 2. The average molecular weight is 542 g/mol. The molecular weight excluding hydrogens is 517 g/mol. The van der Waals surface area contributed by atoms with E-state index < -0.39 is 6.10 Å². The van der Waals surface area contributed by atoms with Gasteiger partial charge in [0.25, 0.3) is 0 Å². The molecule has 37 heavy (non-hydrogen) atoms. The zero-order valence-electron chi connectivity index (χ0n) is 20.0. The molecule has 0 saturated carbocycles. The molecule has 3 N–H and O–H groups in total. The fourth-order valence-corrected chi connectivity index (χ4v) is 5.66. The number of nitrogens with zero attached hydrogens (tertiary/aromatic N) is 5. The first-order valence-corrected chi connectivity index (χ1v) is 12.8. The highest BCUT2D eigenvalue weighted by atomic mass is 35.5. The van der Waals surface area contributed by atoms with Gasteiger partial charge >= 0.3 is 0 Å². The van der Waals surface area contributed by atoms with E-state index in [2.05, 4.69) is 20.2 Å². The van der Waals surface area contributed by atoms with Crippen molar-refractivity contribution in [2.75, 3.05) is 19.6 Å². The number of pyridine rings is 1. The Morgan fingerprint density at radius 3 is 2.81 bits per heavy atom. The van der Waals surface area contributed by atoms with Crippen molar-refractivity contribution in [1.29, 1.82) is 0 Å². The molecule has 6 rings (SSSR count). The van der Waals surface area contributed by atoms with Crippen molar-refractivity contribution in [2.45, 2.75) is 38.6 Å². The van der Waals surface area contributed by atoms with Gasteiger partial charge in [-0.05, 0) is 31.5 Å². The van der Waals surface area contributed by atoms with Crippen LogP contribution in [0.25, 0.3) is 22.4 Å². The number of carbonyl (C=O) groups is 1. The number of rotatable bonds is 6. The molecule has 2 atom stereocenters. The smallest absolute Gasteiger partial charge is 0.237 e. The molecule has 5 heterocycles. The summed E-state index contributed by atoms with van der Waals surface area (Å²) >= 11 is 12.6. The van der Waals surface area contributed by atoms with E-state index in [-0.39, 0.29) is 12.0 Å². The fraction of sp³-hybridized carbons (Fsp3) is 0.360. The molecule has 10 nitrogen and oxygen atoms in total. The van der Waals surface area contributed by atoms with Crippen LogP contribution in [0.1, 0.15) is 36.4 Å². The van der Waals surface area contributed by atoms with Crippen molar-refractivity contribution in [1.82, 2.24) is 34.9 Å². The summed E-state index contributed by atoms with van der Waals surface area (Å²) < 4.78 is 6.16. The molecule has 1 aromatic carbocycles. The summed E-state index contributed by atoms with van der Waals surface area (Å²) in [6.45, 7) is 4.40. The lowest BCUT2D eigenvalue weighted by atomic mass is 10.1. The van der Waals surface area contributed by atoms with E-state index in [0.29, 0.717) is 65.5 Å². The number of aromatic nitrogens is 5. The minimum Gasteiger partial charge on any atom is -0.486 e. The molecule has 1 amide bonds. The van der Waals surface area contributed by atoms with Crippen molar-refractivity contribution in [3.63, 3.8) is 0 Å². The average Bonchev–Trinajstić information content (AvgIpc) is 3.62. The number of likely N-dealkylation sites (tertiary alicyclic amines) is 1. The molecular formula is C25H25Cl2N7O3. The molecule has 2 aliphatic rings. The highest BCUT2D eigenvalue weighted by Gasteiger charge is 2.30. The Labute approximate surface area is 222 Å². The summed E-state index contributed by atoms with van der Waals surface area (Å²) in [5, 5.41) is 19.0. The lowest BCUT2D eigenvalue weighted by Crippen LogP contribution is -2.37. The van der Waals surface area contributed by atoms with Gasteiger partial charge in [-0.3, -0.25) is 19.8 Å². The third kappa shape index (κ3) is 4.66. The van der Waals surface area contributed by atoms with Crippen LogP contribution in [0, 0.1) is 0 Å². The first-order chi connectivity index (χ1) is 17.9. The van der Waals surface area contributed by atoms with E-state index in [1.807, 2.05) is 30.0 Å². The van der Waals surface area contributed by atoms with Crippen molar-refractivity contribution in [3.05, 3.63) is 57.6 Å². The second-order valence-electron chi connectivity index (χ2n) is 9.49. The predicted molar refractivity (Wildman–Crippen MR) is 138 cm³/mol. The molecule has 12 heteroatoms. The molecule has 0 radical (unpaired) electrons. The number of imidazole rings is 1.